The Balaban J connectivity index is 1.78. The Hall–Kier alpha value is -1.88. The van der Waals surface area contributed by atoms with Crippen LogP contribution in [0.15, 0.2) is 72.8 Å². The molecule has 0 radical (unpaired) electrons. The number of rotatable bonds is 3. The number of hydrogen-bond donors (Lipinski definition) is 0. The summed E-state index contributed by atoms with van der Waals surface area (Å²) >= 11 is 2.15. The number of carbonyl (C=O) groups excluding carboxylic acids is 1. The average molecular weight is 427 g/mol. The summed E-state index contributed by atoms with van der Waals surface area (Å²) in [5, 5.41) is 2.47. The van der Waals surface area contributed by atoms with Gasteiger partial charge in [0, 0.05) is 6.54 Å². The maximum absolute atomic E-state index is 13.0. The Morgan fingerprint density at radius 2 is 1.62 bits per heavy atom. The van der Waals surface area contributed by atoms with Crippen molar-refractivity contribution >= 4 is 39.5 Å². The summed E-state index contributed by atoms with van der Waals surface area (Å²) in [6, 6.07) is 25.2. The third-order valence-corrected chi connectivity index (χ3v) is 5.93. The van der Waals surface area contributed by atoms with E-state index in [9.17, 15) is 4.79 Å². The van der Waals surface area contributed by atoms with Crippen LogP contribution in [0.2, 0.25) is 0 Å². The van der Waals surface area contributed by atoms with E-state index in [1.807, 2.05) is 21.3 Å². The number of hydrogen-bond acceptors (Lipinski definition) is 1. The van der Waals surface area contributed by atoms with E-state index >= 15 is 0 Å². The van der Waals surface area contributed by atoms with Crippen molar-refractivity contribution in [3.8, 4) is 0 Å². The molecule has 2 nitrogen and oxygen atoms in total. The summed E-state index contributed by atoms with van der Waals surface area (Å²) in [5.41, 5.74) is 1.91. The fraction of sp³-hybridized carbons (Fsp3) is 0.190. The second kappa shape index (κ2) is 6.20. The number of halogens is 1. The highest BCUT2D eigenvalue weighted by Crippen LogP contribution is 2.40. The molecular weight excluding hydrogens is 409 g/mol. The van der Waals surface area contributed by atoms with Crippen molar-refractivity contribution in [2.75, 3.05) is 6.54 Å². The molecule has 0 N–H and O–H groups in total. The first-order valence-corrected chi connectivity index (χ1v) is 9.16. The molecular formula is C21H18INO. The number of carbonyl (C=O) groups is 1. The molecule has 0 bridgehead atoms. The van der Waals surface area contributed by atoms with Crippen LogP contribution in [0.5, 0.6) is 0 Å². The molecule has 1 amide bonds. The summed E-state index contributed by atoms with van der Waals surface area (Å²) in [6.45, 7) is 0.807. The molecule has 120 valence electrons. The zero-order valence-electron chi connectivity index (χ0n) is 13.3. The fourth-order valence-electron chi connectivity index (χ4n) is 3.72. The third-order valence-electron chi connectivity index (χ3n) is 5.01. The average Bonchev–Trinajstić information content (AvgIpc) is 2.92. The van der Waals surface area contributed by atoms with Crippen LogP contribution in [-0.4, -0.2) is 15.6 Å². The molecule has 1 fully saturated rings. The maximum Gasteiger partial charge on any atom is 0.242 e. The zero-order chi connectivity index (χ0) is 16.6. The van der Waals surface area contributed by atoms with Gasteiger partial charge in [0.2, 0.25) is 5.91 Å². The summed E-state index contributed by atoms with van der Waals surface area (Å²) in [4.78, 5) is 13.0. The molecule has 3 heteroatoms. The largest absolute Gasteiger partial charge is 0.284 e. The quantitative estimate of drug-likeness (QED) is 0.430. The maximum atomic E-state index is 13.0. The van der Waals surface area contributed by atoms with Crippen LogP contribution in [0.25, 0.3) is 10.8 Å². The number of fused-ring (bicyclic) bond motifs is 1. The van der Waals surface area contributed by atoms with Crippen LogP contribution < -0.4 is 0 Å². The number of nitrogens with zero attached hydrogens (tertiary/aromatic N) is 1. The highest BCUT2D eigenvalue weighted by molar-refractivity contribution is 14.1. The molecule has 4 rings (SSSR count). The van der Waals surface area contributed by atoms with E-state index in [4.69, 9.17) is 0 Å². The first kappa shape index (κ1) is 15.6. The van der Waals surface area contributed by atoms with E-state index < -0.39 is 5.41 Å². The molecule has 24 heavy (non-hydrogen) atoms. The highest BCUT2D eigenvalue weighted by atomic mass is 127. The molecule has 0 aromatic heterocycles. The summed E-state index contributed by atoms with van der Waals surface area (Å²) in [5.74, 6) is 0.224. The minimum atomic E-state index is -0.440. The van der Waals surface area contributed by atoms with Crippen molar-refractivity contribution in [2.45, 2.75) is 18.3 Å². The van der Waals surface area contributed by atoms with Gasteiger partial charge in [-0.15, -0.1) is 0 Å². The molecule has 1 atom stereocenters. The monoisotopic (exact) mass is 427 g/mol. The number of amides is 1. The van der Waals surface area contributed by atoms with E-state index in [0.29, 0.717) is 0 Å². The molecule has 0 aliphatic carbocycles. The first-order chi connectivity index (χ1) is 11.7. The van der Waals surface area contributed by atoms with Crippen molar-refractivity contribution in [1.29, 1.82) is 0 Å². The van der Waals surface area contributed by atoms with Crippen LogP contribution in [0.3, 0.4) is 0 Å². The van der Waals surface area contributed by atoms with Crippen LogP contribution >= 0.6 is 22.9 Å². The van der Waals surface area contributed by atoms with Gasteiger partial charge in [-0.1, -0.05) is 72.8 Å². The van der Waals surface area contributed by atoms with E-state index in [2.05, 4.69) is 77.5 Å². The van der Waals surface area contributed by atoms with Crippen LogP contribution in [0.4, 0.5) is 0 Å². The Morgan fingerprint density at radius 1 is 0.917 bits per heavy atom. The van der Waals surface area contributed by atoms with Gasteiger partial charge in [-0.3, -0.25) is 7.91 Å². The molecule has 0 saturated carbocycles. The van der Waals surface area contributed by atoms with Gasteiger partial charge in [0.15, 0.2) is 0 Å². The van der Waals surface area contributed by atoms with Gasteiger partial charge < -0.3 is 0 Å². The van der Waals surface area contributed by atoms with Gasteiger partial charge >= 0.3 is 0 Å². The standard InChI is InChI=1S/C21H18INO/c22-23-13-12-21(20(23)24,19-8-2-1-3-9-19)15-16-10-11-17-6-4-5-7-18(17)14-16/h1-11,14H,12-13,15H2/t21-/m1/s1. The van der Waals surface area contributed by atoms with E-state index in [1.165, 1.54) is 16.3 Å². The molecule has 1 saturated heterocycles. The lowest BCUT2D eigenvalue weighted by Crippen LogP contribution is -2.36. The minimum Gasteiger partial charge on any atom is -0.284 e. The predicted molar refractivity (Wildman–Crippen MR) is 106 cm³/mol. The van der Waals surface area contributed by atoms with Crippen molar-refractivity contribution in [3.05, 3.63) is 83.9 Å². The molecule has 0 unspecified atom stereocenters. The summed E-state index contributed by atoms with van der Waals surface area (Å²) < 4.78 is 1.84. The van der Waals surface area contributed by atoms with Gasteiger partial charge in [-0.2, -0.15) is 0 Å². The smallest absolute Gasteiger partial charge is 0.242 e. The van der Waals surface area contributed by atoms with Gasteiger partial charge in [0.25, 0.3) is 0 Å². The van der Waals surface area contributed by atoms with Crippen LogP contribution in [0.1, 0.15) is 17.5 Å². The topological polar surface area (TPSA) is 20.3 Å². The normalized spacial score (nSPS) is 20.7. The second-order valence-corrected chi connectivity index (χ2v) is 7.61. The SMILES string of the molecule is O=C1N(I)CC[C@@]1(Cc1ccc2ccccc2c1)c1ccccc1. The van der Waals surface area contributed by atoms with Crippen molar-refractivity contribution in [1.82, 2.24) is 3.11 Å². The van der Waals surface area contributed by atoms with Gasteiger partial charge in [-0.25, -0.2) is 0 Å². The van der Waals surface area contributed by atoms with Crippen molar-refractivity contribution < 1.29 is 4.79 Å². The van der Waals surface area contributed by atoms with Gasteiger partial charge in [0.05, 0.1) is 28.3 Å². The van der Waals surface area contributed by atoms with Crippen LogP contribution in [0, 0.1) is 0 Å². The lowest BCUT2D eigenvalue weighted by Gasteiger charge is -2.27. The van der Waals surface area contributed by atoms with Crippen molar-refractivity contribution in [2.24, 2.45) is 0 Å². The fourth-order valence-corrected chi connectivity index (χ4v) is 4.42. The molecule has 1 aliphatic heterocycles. The summed E-state index contributed by atoms with van der Waals surface area (Å²) in [6.07, 6.45) is 1.62. The second-order valence-electron chi connectivity index (χ2n) is 6.45. The van der Waals surface area contributed by atoms with Crippen LogP contribution in [-0.2, 0) is 16.6 Å². The molecule has 1 heterocycles. The van der Waals surface area contributed by atoms with E-state index in [0.717, 1.165) is 24.9 Å². The van der Waals surface area contributed by atoms with E-state index in [-0.39, 0.29) is 5.91 Å². The Kier molecular flexibility index (Phi) is 4.04. The minimum absolute atomic E-state index is 0.224. The highest BCUT2D eigenvalue weighted by Gasteiger charge is 2.47. The molecule has 3 aromatic rings. The molecule has 0 spiro atoms. The lowest BCUT2D eigenvalue weighted by molar-refractivity contribution is -0.127. The number of benzene rings is 3. The predicted octanol–water partition coefficient (Wildman–Crippen LogP) is 4.90. The van der Waals surface area contributed by atoms with Gasteiger partial charge in [-0.05, 0) is 34.7 Å². The Morgan fingerprint density at radius 3 is 2.33 bits per heavy atom. The van der Waals surface area contributed by atoms with Crippen molar-refractivity contribution in [3.63, 3.8) is 0 Å². The zero-order valence-corrected chi connectivity index (χ0v) is 15.4. The Labute approximate surface area is 156 Å². The lowest BCUT2D eigenvalue weighted by atomic mass is 9.74. The molecule has 3 aromatic carbocycles. The third kappa shape index (κ3) is 2.61. The summed E-state index contributed by atoms with van der Waals surface area (Å²) in [7, 11) is 0. The van der Waals surface area contributed by atoms with E-state index in [1.54, 1.807) is 0 Å². The first-order valence-electron chi connectivity index (χ1n) is 8.20. The Bertz CT molecular complexity index is 892. The van der Waals surface area contributed by atoms with Gasteiger partial charge in [0.1, 0.15) is 0 Å². The molecule has 1 aliphatic rings.